The van der Waals surface area contributed by atoms with E-state index in [1.165, 1.54) is 0 Å². The maximum absolute atomic E-state index is 13.5. The molecule has 1 saturated heterocycles. The zero-order valence-corrected chi connectivity index (χ0v) is 23.2. The highest BCUT2D eigenvalue weighted by atomic mass is 16.6. The lowest BCUT2D eigenvalue weighted by Gasteiger charge is -2.22. The van der Waals surface area contributed by atoms with Gasteiger partial charge in [-0.15, -0.1) is 0 Å². The third kappa shape index (κ3) is 7.06. The lowest BCUT2D eigenvalue weighted by atomic mass is 9.92. The largest absolute Gasteiger partial charge is 0.444 e. The molecule has 40 heavy (non-hydrogen) atoms. The average Bonchev–Trinajstić information content (AvgIpc) is 3.40. The Morgan fingerprint density at radius 2 is 1.62 bits per heavy atom. The van der Waals surface area contributed by atoms with E-state index in [2.05, 4.69) is 11.4 Å². The number of hydrogen-bond acceptors (Lipinski definition) is 6. The summed E-state index contributed by atoms with van der Waals surface area (Å²) >= 11 is 0. The minimum absolute atomic E-state index is 0.128. The predicted molar refractivity (Wildman–Crippen MR) is 152 cm³/mol. The number of nitrogens with one attached hydrogen (secondary N) is 1. The summed E-state index contributed by atoms with van der Waals surface area (Å²) in [5.41, 5.74) is 3.93. The number of likely N-dealkylation sites (tertiary alicyclic amines) is 1. The summed E-state index contributed by atoms with van der Waals surface area (Å²) in [4.78, 5) is 39.1. The highest BCUT2D eigenvalue weighted by molar-refractivity contribution is 5.98. The monoisotopic (exact) mass is 539 g/mol. The van der Waals surface area contributed by atoms with Crippen LogP contribution in [0.25, 0.3) is 22.3 Å². The number of rotatable bonds is 6. The second-order valence-electron chi connectivity index (χ2n) is 10.7. The van der Waals surface area contributed by atoms with E-state index in [4.69, 9.17) is 9.47 Å². The summed E-state index contributed by atoms with van der Waals surface area (Å²) in [6, 6.07) is 21.9. The molecule has 206 valence electrons. The first-order chi connectivity index (χ1) is 19.1. The Morgan fingerprint density at radius 1 is 0.975 bits per heavy atom. The fourth-order valence-electron chi connectivity index (χ4n) is 4.52. The van der Waals surface area contributed by atoms with E-state index in [1.807, 2.05) is 57.2 Å². The second-order valence-corrected chi connectivity index (χ2v) is 10.7. The van der Waals surface area contributed by atoms with E-state index >= 15 is 0 Å². The van der Waals surface area contributed by atoms with Crippen molar-refractivity contribution in [1.82, 2.24) is 10.2 Å². The average molecular weight is 540 g/mol. The number of nitrogens with zero attached hydrogens (tertiary/aromatic N) is 2. The summed E-state index contributed by atoms with van der Waals surface area (Å²) in [5, 5.41) is 12.1. The number of amides is 2. The van der Waals surface area contributed by atoms with E-state index < -0.39 is 11.7 Å². The van der Waals surface area contributed by atoms with Crippen molar-refractivity contribution in [2.75, 3.05) is 13.1 Å². The van der Waals surface area contributed by atoms with Gasteiger partial charge >= 0.3 is 12.1 Å². The van der Waals surface area contributed by atoms with Gasteiger partial charge in [-0.3, -0.25) is 9.59 Å². The van der Waals surface area contributed by atoms with Crippen molar-refractivity contribution in [3.8, 4) is 34.1 Å². The molecule has 3 aromatic rings. The topological polar surface area (TPSA) is 109 Å². The van der Waals surface area contributed by atoms with Crippen LogP contribution in [-0.4, -0.2) is 47.6 Å². The van der Waals surface area contributed by atoms with Crippen molar-refractivity contribution in [2.24, 2.45) is 0 Å². The van der Waals surface area contributed by atoms with Crippen molar-refractivity contribution in [2.45, 2.75) is 52.2 Å². The second kappa shape index (κ2) is 12.0. The smallest absolute Gasteiger partial charge is 0.407 e. The summed E-state index contributed by atoms with van der Waals surface area (Å²) < 4.78 is 10.7. The molecule has 0 aromatic heterocycles. The molecule has 0 radical (unpaired) electrons. The maximum Gasteiger partial charge on any atom is 0.407 e. The molecule has 1 atom stereocenters. The summed E-state index contributed by atoms with van der Waals surface area (Å²) in [5.74, 6) is 0.0296. The first-order valence-electron chi connectivity index (χ1n) is 13.3. The van der Waals surface area contributed by atoms with Crippen molar-refractivity contribution >= 4 is 18.0 Å². The van der Waals surface area contributed by atoms with Gasteiger partial charge in [-0.05, 0) is 85.8 Å². The zero-order chi connectivity index (χ0) is 28.9. The normalized spacial score (nSPS) is 14.8. The van der Waals surface area contributed by atoms with Crippen LogP contribution in [0.15, 0.2) is 66.7 Å². The molecule has 1 heterocycles. The van der Waals surface area contributed by atoms with Crippen LogP contribution in [0.2, 0.25) is 0 Å². The lowest BCUT2D eigenvalue weighted by Crippen LogP contribution is -2.41. The Hall–Kier alpha value is -4.64. The minimum Gasteiger partial charge on any atom is -0.444 e. The van der Waals surface area contributed by atoms with Gasteiger partial charge in [0.05, 0.1) is 17.7 Å². The van der Waals surface area contributed by atoms with E-state index in [9.17, 15) is 19.6 Å². The van der Waals surface area contributed by atoms with E-state index in [0.717, 1.165) is 22.3 Å². The standard InChI is InChI=1S/C32H33N3O5/c1-5-29(36)39-26-13-10-22(11-14-26)27-15-12-24(18-28(27)23-8-6-21(19-33)7-9-23)30(37)35-17-16-25(20-35)34-31(38)40-32(2,3)4/h6-15,18,25H,5,16-17,20H2,1-4H3,(H,34,38)/t25-/m0/s1. The minimum atomic E-state index is -0.595. The van der Waals surface area contributed by atoms with Crippen LogP contribution in [0.4, 0.5) is 4.79 Å². The number of nitriles is 1. The molecule has 0 aliphatic carbocycles. The molecule has 1 fully saturated rings. The highest BCUT2D eigenvalue weighted by Gasteiger charge is 2.29. The molecular weight excluding hydrogens is 506 g/mol. The number of carbonyl (C=O) groups is 3. The van der Waals surface area contributed by atoms with E-state index in [0.29, 0.717) is 36.4 Å². The fourth-order valence-corrected chi connectivity index (χ4v) is 4.52. The SMILES string of the molecule is CCC(=O)Oc1ccc(-c2ccc(C(=O)N3CC[C@H](NC(=O)OC(C)(C)C)C3)cc2-c2ccc(C#N)cc2)cc1. The van der Waals surface area contributed by atoms with E-state index in [1.54, 1.807) is 42.2 Å². The predicted octanol–water partition coefficient (Wildman–Crippen LogP) is 5.95. The molecule has 4 rings (SSSR count). The number of alkyl carbamates (subject to hydrolysis) is 1. The Balaban J connectivity index is 1.59. The number of esters is 1. The number of benzene rings is 3. The summed E-state index contributed by atoms with van der Waals surface area (Å²) in [6.45, 7) is 8.07. The molecule has 8 heteroatoms. The molecule has 1 N–H and O–H groups in total. The highest BCUT2D eigenvalue weighted by Crippen LogP contribution is 2.34. The maximum atomic E-state index is 13.5. The number of ether oxygens (including phenoxy) is 2. The van der Waals surface area contributed by atoms with Crippen molar-refractivity contribution in [3.63, 3.8) is 0 Å². The lowest BCUT2D eigenvalue weighted by molar-refractivity contribution is -0.134. The molecule has 0 saturated carbocycles. The Morgan fingerprint density at radius 3 is 2.25 bits per heavy atom. The Labute approximate surface area is 234 Å². The van der Waals surface area contributed by atoms with Crippen LogP contribution in [0, 0.1) is 11.3 Å². The van der Waals surface area contributed by atoms with Gasteiger partial charge < -0.3 is 19.7 Å². The summed E-state index contributed by atoms with van der Waals surface area (Å²) in [6.07, 6.45) is 0.435. The van der Waals surface area contributed by atoms with Crippen LogP contribution in [0.3, 0.4) is 0 Å². The van der Waals surface area contributed by atoms with Crippen LogP contribution in [0.5, 0.6) is 5.75 Å². The van der Waals surface area contributed by atoms with Gasteiger partial charge in [0.2, 0.25) is 0 Å². The zero-order valence-electron chi connectivity index (χ0n) is 23.2. The van der Waals surface area contributed by atoms with Gasteiger partial charge in [0.25, 0.3) is 5.91 Å². The van der Waals surface area contributed by atoms with Gasteiger partial charge in [-0.2, -0.15) is 5.26 Å². The number of hydrogen-bond donors (Lipinski definition) is 1. The third-order valence-corrected chi connectivity index (χ3v) is 6.47. The van der Waals surface area contributed by atoms with Crippen LogP contribution < -0.4 is 10.1 Å². The molecule has 8 nitrogen and oxygen atoms in total. The first-order valence-corrected chi connectivity index (χ1v) is 13.3. The molecule has 0 bridgehead atoms. The van der Waals surface area contributed by atoms with Crippen LogP contribution in [0.1, 0.15) is 56.5 Å². The fraction of sp³-hybridized carbons (Fsp3) is 0.312. The molecule has 1 aliphatic heterocycles. The molecular formula is C32H33N3O5. The van der Waals surface area contributed by atoms with Gasteiger partial charge in [0.15, 0.2) is 0 Å². The Kier molecular flexibility index (Phi) is 8.54. The molecule has 3 aromatic carbocycles. The van der Waals surface area contributed by atoms with Gasteiger partial charge in [0.1, 0.15) is 11.4 Å². The van der Waals surface area contributed by atoms with Crippen molar-refractivity contribution in [1.29, 1.82) is 5.26 Å². The number of carbonyl (C=O) groups excluding carboxylic acids is 3. The van der Waals surface area contributed by atoms with E-state index in [-0.39, 0.29) is 24.3 Å². The Bertz CT molecular complexity index is 1430. The molecule has 1 aliphatic rings. The molecule has 0 spiro atoms. The van der Waals surface area contributed by atoms with Crippen molar-refractivity contribution in [3.05, 3.63) is 77.9 Å². The molecule has 0 unspecified atom stereocenters. The van der Waals surface area contributed by atoms with Crippen LogP contribution in [-0.2, 0) is 9.53 Å². The van der Waals surface area contributed by atoms with Gasteiger partial charge in [0, 0.05) is 25.1 Å². The summed E-state index contributed by atoms with van der Waals surface area (Å²) in [7, 11) is 0. The van der Waals surface area contributed by atoms with Crippen LogP contribution >= 0.6 is 0 Å². The third-order valence-electron chi connectivity index (χ3n) is 6.47. The van der Waals surface area contributed by atoms with Gasteiger partial charge in [-0.1, -0.05) is 37.3 Å². The first kappa shape index (κ1) is 28.4. The quantitative estimate of drug-likeness (QED) is 0.306. The van der Waals surface area contributed by atoms with Gasteiger partial charge in [-0.25, -0.2) is 4.79 Å². The van der Waals surface area contributed by atoms with Crippen molar-refractivity contribution < 1.29 is 23.9 Å². The molecule has 2 amide bonds.